The van der Waals surface area contributed by atoms with Crippen LogP contribution < -0.4 is 5.32 Å². The molecule has 92 valence electrons. The van der Waals surface area contributed by atoms with Crippen LogP contribution in [0.1, 0.15) is 26.7 Å². The molecule has 0 aromatic heterocycles. The van der Waals surface area contributed by atoms with Gasteiger partial charge in [0, 0.05) is 31.9 Å². The number of carboxylic acid groups (broad SMARTS) is 1. The van der Waals surface area contributed by atoms with Crippen LogP contribution in [0, 0.1) is 5.41 Å². The molecule has 0 atom stereocenters. The van der Waals surface area contributed by atoms with Gasteiger partial charge in [-0.1, -0.05) is 13.0 Å². The zero-order valence-corrected chi connectivity index (χ0v) is 10.1. The fourth-order valence-electron chi connectivity index (χ4n) is 1.73. The highest BCUT2D eigenvalue weighted by Gasteiger charge is 2.26. The summed E-state index contributed by atoms with van der Waals surface area (Å²) in [6.07, 6.45) is 3.86. The van der Waals surface area contributed by atoms with Crippen LogP contribution in [-0.4, -0.2) is 37.4 Å². The van der Waals surface area contributed by atoms with Crippen molar-refractivity contribution in [1.29, 1.82) is 0 Å². The third-order valence-electron chi connectivity index (χ3n) is 3.14. The predicted octanol–water partition coefficient (Wildman–Crippen LogP) is 1.42. The molecule has 1 aliphatic rings. The minimum absolute atomic E-state index is 0.295. The molecule has 0 bridgehead atoms. The minimum atomic E-state index is -0.848. The van der Waals surface area contributed by atoms with Gasteiger partial charge in [0.05, 0.1) is 0 Å². The van der Waals surface area contributed by atoms with Crippen LogP contribution in [0.2, 0.25) is 0 Å². The van der Waals surface area contributed by atoms with E-state index in [9.17, 15) is 4.79 Å². The number of carbonyl (C=O) groups is 1. The molecule has 1 heterocycles. The lowest BCUT2D eigenvalue weighted by Gasteiger charge is -2.33. The highest BCUT2D eigenvalue weighted by molar-refractivity contribution is 5.85. The molecule has 0 amide bonds. The molecule has 1 rings (SSSR count). The second kappa shape index (κ2) is 6.01. The van der Waals surface area contributed by atoms with E-state index >= 15 is 0 Å². The molecule has 4 nitrogen and oxygen atoms in total. The number of ether oxygens (including phenoxy) is 1. The summed E-state index contributed by atoms with van der Waals surface area (Å²) in [7, 11) is 0. The van der Waals surface area contributed by atoms with Crippen LogP contribution in [-0.2, 0) is 9.53 Å². The quantitative estimate of drug-likeness (QED) is 0.551. The Kier molecular flexibility index (Phi) is 4.96. The van der Waals surface area contributed by atoms with Crippen molar-refractivity contribution in [3.63, 3.8) is 0 Å². The average molecular weight is 227 g/mol. The van der Waals surface area contributed by atoms with Crippen molar-refractivity contribution in [2.24, 2.45) is 5.41 Å². The normalized spacial score (nSPS) is 20.8. The molecule has 0 radical (unpaired) electrons. The maximum Gasteiger partial charge on any atom is 0.330 e. The molecule has 0 unspecified atom stereocenters. The molecular weight excluding hydrogens is 206 g/mol. The summed E-state index contributed by atoms with van der Waals surface area (Å²) in [6.45, 7) is 7.06. The van der Waals surface area contributed by atoms with Crippen LogP contribution >= 0.6 is 0 Å². The Labute approximate surface area is 96.7 Å². The van der Waals surface area contributed by atoms with Gasteiger partial charge in [0.2, 0.25) is 0 Å². The highest BCUT2D eigenvalue weighted by Crippen LogP contribution is 2.28. The second-order valence-corrected chi connectivity index (χ2v) is 4.75. The molecule has 16 heavy (non-hydrogen) atoms. The van der Waals surface area contributed by atoms with Crippen molar-refractivity contribution in [2.75, 3.05) is 26.3 Å². The number of aliphatic carboxylic acids is 1. The molecule has 1 fully saturated rings. The van der Waals surface area contributed by atoms with Gasteiger partial charge in [-0.25, -0.2) is 4.79 Å². The van der Waals surface area contributed by atoms with Crippen molar-refractivity contribution in [2.45, 2.75) is 26.7 Å². The predicted molar refractivity (Wildman–Crippen MR) is 62.4 cm³/mol. The van der Waals surface area contributed by atoms with E-state index in [0.717, 1.165) is 32.6 Å². The van der Waals surface area contributed by atoms with E-state index in [-0.39, 0.29) is 0 Å². The van der Waals surface area contributed by atoms with E-state index in [1.807, 2.05) is 0 Å². The largest absolute Gasteiger partial charge is 0.478 e. The van der Waals surface area contributed by atoms with E-state index in [1.165, 1.54) is 0 Å². The first kappa shape index (κ1) is 13.2. The van der Waals surface area contributed by atoms with E-state index in [2.05, 4.69) is 12.2 Å². The highest BCUT2D eigenvalue weighted by atomic mass is 16.5. The average Bonchev–Trinajstić information content (AvgIpc) is 2.25. The maximum absolute atomic E-state index is 10.5. The fourth-order valence-corrected chi connectivity index (χ4v) is 1.73. The molecule has 0 saturated carbocycles. The van der Waals surface area contributed by atoms with Gasteiger partial charge < -0.3 is 15.2 Å². The van der Waals surface area contributed by atoms with E-state index < -0.39 is 5.97 Å². The molecule has 0 aliphatic carbocycles. The number of nitrogens with one attached hydrogen (secondary N) is 1. The van der Waals surface area contributed by atoms with E-state index in [4.69, 9.17) is 9.84 Å². The molecule has 4 heteroatoms. The van der Waals surface area contributed by atoms with Crippen molar-refractivity contribution in [3.8, 4) is 0 Å². The van der Waals surface area contributed by atoms with Gasteiger partial charge in [-0.15, -0.1) is 0 Å². The van der Waals surface area contributed by atoms with E-state index in [0.29, 0.717) is 17.5 Å². The third-order valence-corrected chi connectivity index (χ3v) is 3.14. The molecule has 0 aromatic rings. The van der Waals surface area contributed by atoms with Gasteiger partial charge in [0.25, 0.3) is 0 Å². The Morgan fingerprint density at radius 2 is 2.12 bits per heavy atom. The van der Waals surface area contributed by atoms with Gasteiger partial charge in [-0.3, -0.25) is 0 Å². The van der Waals surface area contributed by atoms with Crippen LogP contribution in [0.5, 0.6) is 0 Å². The monoisotopic (exact) mass is 227 g/mol. The molecule has 2 N–H and O–H groups in total. The smallest absolute Gasteiger partial charge is 0.330 e. The summed E-state index contributed by atoms with van der Waals surface area (Å²) in [5, 5.41) is 12.0. The summed E-state index contributed by atoms with van der Waals surface area (Å²) in [5.74, 6) is -0.848. The lowest BCUT2D eigenvalue weighted by molar-refractivity contribution is -0.132. The van der Waals surface area contributed by atoms with Crippen LogP contribution in [0.4, 0.5) is 0 Å². The van der Waals surface area contributed by atoms with Crippen molar-refractivity contribution in [3.05, 3.63) is 11.6 Å². The molecule has 1 saturated heterocycles. The Bertz CT molecular complexity index is 267. The van der Waals surface area contributed by atoms with Crippen LogP contribution in [0.3, 0.4) is 0 Å². The summed E-state index contributed by atoms with van der Waals surface area (Å²) >= 11 is 0. The zero-order valence-electron chi connectivity index (χ0n) is 10.1. The molecule has 0 aromatic carbocycles. The van der Waals surface area contributed by atoms with Crippen molar-refractivity contribution in [1.82, 2.24) is 5.32 Å². The van der Waals surface area contributed by atoms with Gasteiger partial charge >= 0.3 is 5.97 Å². The topological polar surface area (TPSA) is 58.6 Å². The number of carboxylic acids is 1. The number of hydrogen-bond acceptors (Lipinski definition) is 3. The first-order valence-electron chi connectivity index (χ1n) is 5.72. The van der Waals surface area contributed by atoms with Crippen molar-refractivity contribution < 1.29 is 14.6 Å². The van der Waals surface area contributed by atoms with Crippen molar-refractivity contribution >= 4 is 5.97 Å². The molecular formula is C12H21NO3. The summed E-state index contributed by atoms with van der Waals surface area (Å²) in [4.78, 5) is 10.5. The van der Waals surface area contributed by atoms with E-state index in [1.54, 1.807) is 13.0 Å². The zero-order chi connectivity index (χ0) is 12.0. The van der Waals surface area contributed by atoms with Gasteiger partial charge in [0.15, 0.2) is 0 Å². The second-order valence-electron chi connectivity index (χ2n) is 4.75. The number of hydrogen-bond donors (Lipinski definition) is 2. The van der Waals surface area contributed by atoms with Crippen LogP contribution in [0.25, 0.3) is 0 Å². The summed E-state index contributed by atoms with van der Waals surface area (Å²) in [6, 6.07) is 0. The third kappa shape index (κ3) is 4.33. The van der Waals surface area contributed by atoms with Gasteiger partial charge in [-0.05, 0) is 25.2 Å². The first-order chi connectivity index (χ1) is 7.53. The Morgan fingerprint density at radius 1 is 1.50 bits per heavy atom. The summed E-state index contributed by atoms with van der Waals surface area (Å²) in [5.41, 5.74) is 0.688. The number of rotatable bonds is 5. The Morgan fingerprint density at radius 3 is 2.69 bits per heavy atom. The van der Waals surface area contributed by atoms with Gasteiger partial charge in [0.1, 0.15) is 0 Å². The van der Waals surface area contributed by atoms with Gasteiger partial charge in [-0.2, -0.15) is 0 Å². The minimum Gasteiger partial charge on any atom is -0.478 e. The summed E-state index contributed by atoms with van der Waals surface area (Å²) < 4.78 is 5.32. The molecule has 1 aliphatic heterocycles. The lowest BCUT2D eigenvalue weighted by Crippen LogP contribution is -2.36. The standard InChI is InChI=1S/C12H21NO3/c1-10(11(14)15)3-6-13-9-12(2)4-7-16-8-5-12/h3,13H,4-9H2,1-2H3,(H,14,15). The first-order valence-corrected chi connectivity index (χ1v) is 5.72. The SMILES string of the molecule is CC(=CCNCC1(C)CCOCC1)C(=O)O. The van der Waals surface area contributed by atoms with Crippen LogP contribution in [0.15, 0.2) is 11.6 Å². The maximum atomic E-state index is 10.5. The fraction of sp³-hybridized carbons (Fsp3) is 0.750. The lowest BCUT2D eigenvalue weighted by atomic mass is 9.82. The Balaban J connectivity index is 2.24. The molecule has 0 spiro atoms. The Hall–Kier alpha value is -0.870.